The maximum atomic E-state index is 12.2. The molecule has 1 aliphatic heterocycles. The molecule has 2 N–H and O–H groups in total. The summed E-state index contributed by atoms with van der Waals surface area (Å²) in [7, 11) is 0. The first-order chi connectivity index (χ1) is 13.8. The minimum atomic E-state index is -1.06. The number of rotatable bonds is 6. The van der Waals surface area contributed by atoms with E-state index in [1.54, 1.807) is 36.4 Å². The Morgan fingerprint density at radius 3 is 2.79 bits per heavy atom. The quantitative estimate of drug-likeness (QED) is 0.671. The van der Waals surface area contributed by atoms with Gasteiger partial charge in [0.1, 0.15) is 5.75 Å². The molecule has 0 aliphatic carbocycles. The average molecular weight is 437 g/mol. The number of benzene rings is 2. The van der Waals surface area contributed by atoms with Crippen molar-refractivity contribution in [1.82, 2.24) is 0 Å². The molecule has 152 valence electrons. The molecule has 0 radical (unpaired) electrons. The van der Waals surface area contributed by atoms with Gasteiger partial charge in [0.05, 0.1) is 15.7 Å². The lowest BCUT2D eigenvalue weighted by molar-refractivity contribution is -0.155. The van der Waals surface area contributed by atoms with Crippen LogP contribution in [0.5, 0.6) is 5.75 Å². The number of hydrogen-bond donors (Lipinski definition) is 2. The second-order valence-corrected chi connectivity index (χ2v) is 7.16. The zero-order valence-electron chi connectivity index (χ0n) is 15.5. The number of fused-ring (bicyclic) bond motifs is 1. The number of esters is 1. The first-order valence-corrected chi connectivity index (χ1v) is 9.59. The lowest BCUT2D eigenvalue weighted by Crippen LogP contribution is -2.31. The van der Waals surface area contributed by atoms with Crippen molar-refractivity contribution < 1.29 is 23.9 Å². The maximum Gasteiger partial charge on any atom is 0.344 e. The van der Waals surface area contributed by atoms with Crippen LogP contribution in [0.25, 0.3) is 0 Å². The molecule has 1 aliphatic rings. The number of nitrogens with one attached hydrogen (secondary N) is 2. The highest BCUT2D eigenvalue weighted by Gasteiger charge is 2.20. The van der Waals surface area contributed by atoms with E-state index < -0.39 is 18.0 Å². The molecule has 0 saturated carbocycles. The standard InChI is InChI=1S/C20H18Cl2N2O5/c1-11(20(27)24-16-4-2-3-14(21)19(16)22)29-18(26)10-28-13-6-7-15-12(9-13)5-8-17(25)23-15/h2-4,6-7,9,11H,5,8,10H2,1H3,(H,23,25)(H,24,27). The van der Waals surface area contributed by atoms with Gasteiger partial charge in [0.15, 0.2) is 12.7 Å². The first-order valence-electron chi connectivity index (χ1n) is 8.83. The molecule has 9 heteroatoms. The van der Waals surface area contributed by atoms with Gasteiger partial charge in [0.25, 0.3) is 5.91 Å². The molecular formula is C20H18Cl2N2O5. The minimum Gasteiger partial charge on any atom is -0.482 e. The molecule has 0 aromatic heterocycles. The largest absolute Gasteiger partial charge is 0.482 e. The van der Waals surface area contributed by atoms with Crippen molar-refractivity contribution in [2.75, 3.05) is 17.2 Å². The van der Waals surface area contributed by atoms with Crippen LogP contribution < -0.4 is 15.4 Å². The summed E-state index contributed by atoms with van der Waals surface area (Å²) in [6.45, 7) is 1.08. The highest BCUT2D eigenvalue weighted by Crippen LogP contribution is 2.30. The number of carbonyl (C=O) groups is 3. The second kappa shape index (κ2) is 9.15. The van der Waals surface area contributed by atoms with Crippen LogP contribution in [0.1, 0.15) is 18.9 Å². The van der Waals surface area contributed by atoms with Crippen molar-refractivity contribution in [3.05, 3.63) is 52.0 Å². The number of carbonyl (C=O) groups excluding carboxylic acids is 3. The van der Waals surface area contributed by atoms with E-state index in [9.17, 15) is 14.4 Å². The average Bonchev–Trinajstić information content (AvgIpc) is 2.69. The summed E-state index contributed by atoms with van der Waals surface area (Å²) in [6.07, 6.45) is -0.0479. The van der Waals surface area contributed by atoms with Gasteiger partial charge >= 0.3 is 5.97 Å². The summed E-state index contributed by atoms with van der Waals surface area (Å²) in [4.78, 5) is 35.6. The molecule has 3 rings (SSSR count). The van der Waals surface area contributed by atoms with E-state index in [0.717, 1.165) is 11.3 Å². The predicted octanol–water partition coefficient (Wildman–Crippen LogP) is 3.83. The monoisotopic (exact) mass is 436 g/mol. The fourth-order valence-corrected chi connectivity index (χ4v) is 3.06. The molecule has 0 bridgehead atoms. The lowest BCUT2D eigenvalue weighted by Gasteiger charge is -2.18. The molecule has 2 aromatic carbocycles. The van der Waals surface area contributed by atoms with Gasteiger partial charge in [0.2, 0.25) is 5.91 Å². The third kappa shape index (κ3) is 5.40. The van der Waals surface area contributed by atoms with Crippen molar-refractivity contribution in [1.29, 1.82) is 0 Å². The van der Waals surface area contributed by atoms with Gasteiger partial charge in [-0.05, 0) is 49.2 Å². The van der Waals surface area contributed by atoms with Crippen molar-refractivity contribution in [2.45, 2.75) is 25.9 Å². The summed E-state index contributed by atoms with van der Waals surface area (Å²) in [5.74, 6) is -0.802. The fraction of sp³-hybridized carbons (Fsp3) is 0.250. The summed E-state index contributed by atoms with van der Waals surface area (Å²) in [6, 6.07) is 9.95. The Labute approximate surface area is 177 Å². The van der Waals surface area contributed by atoms with E-state index in [-0.39, 0.29) is 17.5 Å². The van der Waals surface area contributed by atoms with Crippen LogP contribution in [0.3, 0.4) is 0 Å². The molecule has 0 saturated heterocycles. The van der Waals surface area contributed by atoms with Crippen LogP contribution in [0.2, 0.25) is 10.0 Å². The Balaban J connectivity index is 1.50. The molecule has 0 fully saturated rings. The van der Waals surface area contributed by atoms with Crippen LogP contribution >= 0.6 is 23.2 Å². The van der Waals surface area contributed by atoms with E-state index in [4.69, 9.17) is 32.7 Å². The van der Waals surface area contributed by atoms with Crippen LogP contribution in [0.4, 0.5) is 11.4 Å². The second-order valence-electron chi connectivity index (χ2n) is 6.38. The Morgan fingerprint density at radius 2 is 2.00 bits per heavy atom. The number of hydrogen-bond acceptors (Lipinski definition) is 5. The van der Waals surface area contributed by atoms with Crippen LogP contribution in [-0.2, 0) is 25.5 Å². The number of amides is 2. The lowest BCUT2D eigenvalue weighted by atomic mass is 10.0. The SMILES string of the molecule is CC(OC(=O)COc1ccc2c(c1)CCC(=O)N2)C(=O)Nc1cccc(Cl)c1Cl. The van der Waals surface area contributed by atoms with Crippen molar-refractivity contribution in [2.24, 2.45) is 0 Å². The summed E-state index contributed by atoms with van der Waals surface area (Å²) in [5.41, 5.74) is 1.99. The van der Waals surface area contributed by atoms with E-state index in [1.807, 2.05) is 0 Å². The fourth-order valence-electron chi connectivity index (χ4n) is 2.71. The topological polar surface area (TPSA) is 93.7 Å². The first kappa shape index (κ1) is 21.0. The minimum absolute atomic E-state index is 0.0268. The molecule has 2 aromatic rings. The molecule has 1 atom stereocenters. The van der Waals surface area contributed by atoms with Crippen LogP contribution in [0.15, 0.2) is 36.4 Å². The van der Waals surface area contributed by atoms with E-state index in [1.165, 1.54) is 6.92 Å². The van der Waals surface area contributed by atoms with E-state index in [2.05, 4.69) is 10.6 Å². The number of ether oxygens (including phenoxy) is 2. The van der Waals surface area contributed by atoms with E-state index in [0.29, 0.717) is 29.3 Å². The van der Waals surface area contributed by atoms with Gasteiger partial charge < -0.3 is 20.1 Å². The van der Waals surface area contributed by atoms with Gasteiger partial charge in [-0.15, -0.1) is 0 Å². The number of anilines is 2. The Kier molecular flexibility index (Phi) is 6.61. The molecule has 29 heavy (non-hydrogen) atoms. The molecule has 7 nitrogen and oxygen atoms in total. The van der Waals surface area contributed by atoms with Gasteiger partial charge in [-0.3, -0.25) is 9.59 Å². The normalized spacial score (nSPS) is 13.7. The molecule has 0 spiro atoms. The van der Waals surface area contributed by atoms with Gasteiger partial charge in [-0.2, -0.15) is 0 Å². The molecular weight excluding hydrogens is 419 g/mol. The zero-order chi connectivity index (χ0) is 21.0. The van der Waals surface area contributed by atoms with Crippen molar-refractivity contribution >= 4 is 52.4 Å². The summed E-state index contributed by atoms with van der Waals surface area (Å²) >= 11 is 11.9. The summed E-state index contributed by atoms with van der Waals surface area (Å²) < 4.78 is 10.5. The highest BCUT2D eigenvalue weighted by molar-refractivity contribution is 6.44. The molecule has 1 unspecified atom stereocenters. The van der Waals surface area contributed by atoms with Crippen molar-refractivity contribution in [3.63, 3.8) is 0 Å². The maximum absolute atomic E-state index is 12.2. The Morgan fingerprint density at radius 1 is 1.21 bits per heavy atom. The predicted molar refractivity (Wildman–Crippen MR) is 110 cm³/mol. The van der Waals surface area contributed by atoms with Gasteiger partial charge in [-0.25, -0.2) is 4.79 Å². The zero-order valence-corrected chi connectivity index (χ0v) is 17.0. The summed E-state index contributed by atoms with van der Waals surface area (Å²) in [5, 5.41) is 5.83. The Bertz CT molecular complexity index is 964. The molecule has 1 heterocycles. The third-order valence-electron chi connectivity index (χ3n) is 4.22. The van der Waals surface area contributed by atoms with Crippen LogP contribution in [-0.4, -0.2) is 30.5 Å². The molecule has 2 amide bonds. The highest BCUT2D eigenvalue weighted by atomic mass is 35.5. The number of halogens is 2. The Hall–Kier alpha value is -2.77. The van der Waals surface area contributed by atoms with Gasteiger partial charge in [0, 0.05) is 12.1 Å². The smallest absolute Gasteiger partial charge is 0.344 e. The van der Waals surface area contributed by atoms with Gasteiger partial charge in [-0.1, -0.05) is 29.3 Å². The van der Waals surface area contributed by atoms with E-state index >= 15 is 0 Å². The van der Waals surface area contributed by atoms with Crippen LogP contribution in [0, 0.1) is 0 Å². The number of aryl methyl sites for hydroxylation is 1. The third-order valence-corrected chi connectivity index (χ3v) is 5.03. The van der Waals surface area contributed by atoms with Crippen molar-refractivity contribution in [3.8, 4) is 5.75 Å².